The minimum atomic E-state index is -0.220. The molecule has 10 nitrogen and oxygen atoms in total. The number of morpholine rings is 1. The molecule has 11 heteroatoms. The van der Waals surface area contributed by atoms with Crippen LogP contribution in [0.2, 0.25) is 0 Å². The van der Waals surface area contributed by atoms with Crippen LogP contribution in [-0.4, -0.2) is 90.9 Å². The van der Waals surface area contributed by atoms with Gasteiger partial charge < -0.3 is 30.9 Å². The Hall–Kier alpha value is -2.94. The number of carbonyl (C=O) groups is 2. The van der Waals surface area contributed by atoms with Crippen LogP contribution in [0, 0.1) is 12.3 Å². The molecule has 4 rings (SSSR count). The molecule has 0 saturated carbocycles. The summed E-state index contributed by atoms with van der Waals surface area (Å²) in [4.78, 5) is 33.3. The number of pyridine rings is 1. The Balaban J connectivity index is 1.27. The van der Waals surface area contributed by atoms with Crippen molar-refractivity contribution < 1.29 is 14.3 Å². The Labute approximate surface area is 205 Å². The fourth-order valence-electron chi connectivity index (χ4n) is 4.68. The first-order valence-corrected chi connectivity index (χ1v) is 12.0. The lowest BCUT2D eigenvalue weighted by molar-refractivity contribution is -0.129. The van der Waals surface area contributed by atoms with Gasteiger partial charge >= 0.3 is 0 Å². The van der Waals surface area contributed by atoms with Crippen molar-refractivity contribution in [1.29, 1.82) is 0 Å². The standard InChI is InChI=1S/C23H31N7O3S/c1-2-7-24-21(31)6-4-18-14-26-22(32)19-12-17(15-30(18)19)28-23(34)27-16-3-5-20(25-13-16)29-8-10-33-11-9-29/h1,3,5,13,17-19H,4,6-12,14-15H2,(H,24,31)(H,26,32)(H2,27,28,34)/t17-,18-,19+/m0/s1. The molecule has 0 bridgehead atoms. The number of terminal acetylenes is 1. The van der Waals surface area contributed by atoms with Gasteiger partial charge in [0.15, 0.2) is 5.11 Å². The molecule has 0 unspecified atom stereocenters. The van der Waals surface area contributed by atoms with Crippen LogP contribution >= 0.6 is 12.2 Å². The minimum absolute atomic E-state index is 0.0270. The largest absolute Gasteiger partial charge is 0.378 e. The number of piperazine rings is 1. The average molecular weight is 486 g/mol. The summed E-state index contributed by atoms with van der Waals surface area (Å²) in [5, 5.41) is 12.7. The molecule has 182 valence electrons. The molecule has 4 heterocycles. The molecular weight excluding hydrogens is 454 g/mol. The SMILES string of the molecule is C#CCNC(=O)CC[C@H]1CNC(=O)[C@H]2C[C@H](NC(=S)Nc3ccc(N4CCOCC4)nc3)CN12. The number of fused-ring (bicyclic) bond motifs is 1. The van der Waals surface area contributed by atoms with Gasteiger partial charge in [-0.1, -0.05) is 5.92 Å². The molecule has 0 spiro atoms. The molecule has 0 aliphatic carbocycles. The number of anilines is 2. The van der Waals surface area contributed by atoms with Gasteiger partial charge in [-0.15, -0.1) is 6.42 Å². The third-order valence-electron chi connectivity index (χ3n) is 6.39. The van der Waals surface area contributed by atoms with Crippen LogP contribution < -0.4 is 26.2 Å². The molecule has 1 aromatic rings. The van der Waals surface area contributed by atoms with E-state index in [1.165, 1.54) is 0 Å². The lowest BCUT2D eigenvalue weighted by atomic mass is 10.0. The summed E-state index contributed by atoms with van der Waals surface area (Å²) in [6, 6.07) is 3.85. The normalized spacial score (nSPS) is 24.5. The number of carbonyl (C=O) groups excluding carboxylic acids is 2. The zero-order valence-corrected chi connectivity index (χ0v) is 19.9. The lowest BCUT2D eigenvalue weighted by Crippen LogP contribution is -2.58. The number of rotatable bonds is 7. The smallest absolute Gasteiger partial charge is 0.237 e. The molecule has 3 saturated heterocycles. The number of ether oxygens (including phenoxy) is 1. The number of nitrogens with zero attached hydrogens (tertiary/aromatic N) is 3. The summed E-state index contributed by atoms with van der Waals surface area (Å²) >= 11 is 5.52. The summed E-state index contributed by atoms with van der Waals surface area (Å²) < 4.78 is 5.39. The summed E-state index contributed by atoms with van der Waals surface area (Å²) in [5.41, 5.74) is 0.804. The second-order valence-corrected chi connectivity index (χ2v) is 9.07. The fraction of sp³-hybridized carbons (Fsp3) is 0.565. The summed E-state index contributed by atoms with van der Waals surface area (Å²) in [6.45, 7) is 4.56. The van der Waals surface area contributed by atoms with E-state index < -0.39 is 0 Å². The molecule has 3 fully saturated rings. The monoisotopic (exact) mass is 485 g/mol. The first kappa shape index (κ1) is 24.2. The van der Waals surface area contributed by atoms with E-state index in [-0.39, 0.29) is 36.5 Å². The Morgan fingerprint density at radius 2 is 2.18 bits per heavy atom. The maximum Gasteiger partial charge on any atom is 0.237 e. The van der Waals surface area contributed by atoms with E-state index in [0.29, 0.717) is 50.7 Å². The summed E-state index contributed by atoms with van der Waals surface area (Å²) in [6.07, 6.45) is 8.64. The van der Waals surface area contributed by atoms with Gasteiger partial charge in [0.2, 0.25) is 11.8 Å². The van der Waals surface area contributed by atoms with Crippen molar-refractivity contribution in [3.05, 3.63) is 18.3 Å². The van der Waals surface area contributed by atoms with Crippen molar-refractivity contribution in [3.63, 3.8) is 0 Å². The Kier molecular flexibility index (Phi) is 8.16. The molecule has 3 aliphatic rings. The highest BCUT2D eigenvalue weighted by Crippen LogP contribution is 2.26. The van der Waals surface area contributed by atoms with Gasteiger partial charge in [-0.05, 0) is 37.2 Å². The van der Waals surface area contributed by atoms with Crippen molar-refractivity contribution in [3.8, 4) is 12.3 Å². The molecule has 34 heavy (non-hydrogen) atoms. The van der Waals surface area contributed by atoms with Gasteiger partial charge in [0.25, 0.3) is 0 Å². The molecule has 1 aromatic heterocycles. The number of hydrogen-bond donors (Lipinski definition) is 4. The molecule has 3 atom stereocenters. The van der Waals surface area contributed by atoms with E-state index in [1.54, 1.807) is 6.20 Å². The number of aromatic nitrogens is 1. The number of nitrogens with one attached hydrogen (secondary N) is 4. The molecule has 2 amide bonds. The van der Waals surface area contributed by atoms with Crippen LogP contribution in [0.5, 0.6) is 0 Å². The van der Waals surface area contributed by atoms with Gasteiger partial charge in [-0.25, -0.2) is 4.98 Å². The maximum absolute atomic E-state index is 12.4. The van der Waals surface area contributed by atoms with Crippen LogP contribution in [0.1, 0.15) is 19.3 Å². The van der Waals surface area contributed by atoms with Gasteiger partial charge in [0.1, 0.15) is 5.82 Å². The van der Waals surface area contributed by atoms with E-state index in [9.17, 15) is 9.59 Å². The van der Waals surface area contributed by atoms with Crippen molar-refractivity contribution in [2.24, 2.45) is 0 Å². The molecule has 3 aliphatic heterocycles. The van der Waals surface area contributed by atoms with E-state index in [4.69, 9.17) is 23.4 Å². The number of amides is 2. The Morgan fingerprint density at radius 3 is 2.91 bits per heavy atom. The van der Waals surface area contributed by atoms with Crippen molar-refractivity contribution in [1.82, 2.24) is 25.8 Å². The van der Waals surface area contributed by atoms with Crippen molar-refractivity contribution in [2.75, 3.05) is 56.2 Å². The topological polar surface area (TPSA) is 111 Å². The predicted molar refractivity (Wildman–Crippen MR) is 133 cm³/mol. The molecule has 4 N–H and O–H groups in total. The van der Waals surface area contributed by atoms with Gasteiger partial charge in [0.05, 0.1) is 37.7 Å². The predicted octanol–water partition coefficient (Wildman–Crippen LogP) is -0.324. The van der Waals surface area contributed by atoms with Gasteiger partial charge in [-0.2, -0.15) is 0 Å². The second kappa shape index (κ2) is 11.5. The van der Waals surface area contributed by atoms with Crippen molar-refractivity contribution >= 4 is 40.6 Å². The molecule has 0 radical (unpaired) electrons. The van der Waals surface area contributed by atoms with Crippen LogP contribution in [0.3, 0.4) is 0 Å². The zero-order chi connectivity index (χ0) is 23.9. The molecule has 0 aromatic carbocycles. The summed E-state index contributed by atoms with van der Waals surface area (Å²) in [7, 11) is 0. The maximum atomic E-state index is 12.4. The lowest BCUT2D eigenvalue weighted by Gasteiger charge is -2.37. The van der Waals surface area contributed by atoms with Crippen LogP contribution in [0.25, 0.3) is 0 Å². The van der Waals surface area contributed by atoms with Crippen LogP contribution in [-0.2, 0) is 14.3 Å². The number of thiocarbonyl (C=S) groups is 1. The van der Waals surface area contributed by atoms with E-state index in [0.717, 1.165) is 24.6 Å². The zero-order valence-electron chi connectivity index (χ0n) is 19.1. The second-order valence-electron chi connectivity index (χ2n) is 8.67. The van der Waals surface area contributed by atoms with E-state index in [1.807, 2.05) is 12.1 Å². The van der Waals surface area contributed by atoms with Crippen molar-refractivity contribution in [2.45, 2.75) is 37.4 Å². The fourth-order valence-corrected chi connectivity index (χ4v) is 4.96. The highest BCUT2D eigenvalue weighted by molar-refractivity contribution is 7.80. The van der Waals surface area contributed by atoms with E-state index in [2.05, 4.69) is 42.0 Å². The quantitative estimate of drug-likeness (QED) is 0.305. The minimum Gasteiger partial charge on any atom is -0.378 e. The first-order chi connectivity index (χ1) is 16.5. The van der Waals surface area contributed by atoms with E-state index >= 15 is 0 Å². The van der Waals surface area contributed by atoms with Crippen LogP contribution in [0.4, 0.5) is 11.5 Å². The van der Waals surface area contributed by atoms with Crippen LogP contribution in [0.15, 0.2) is 18.3 Å². The van der Waals surface area contributed by atoms with Gasteiger partial charge in [-0.3, -0.25) is 14.5 Å². The molecular formula is C23H31N7O3S. The Morgan fingerprint density at radius 1 is 1.35 bits per heavy atom. The third-order valence-corrected chi connectivity index (χ3v) is 6.61. The highest BCUT2D eigenvalue weighted by Gasteiger charge is 2.43. The summed E-state index contributed by atoms with van der Waals surface area (Å²) in [5.74, 6) is 3.28. The average Bonchev–Trinajstić information content (AvgIpc) is 3.28. The first-order valence-electron chi connectivity index (χ1n) is 11.6. The number of hydrogen-bond acceptors (Lipinski definition) is 7. The Bertz CT molecular complexity index is 929. The highest BCUT2D eigenvalue weighted by atomic mass is 32.1. The van der Waals surface area contributed by atoms with Gasteiger partial charge in [0, 0.05) is 44.7 Å². The third kappa shape index (κ3) is 6.14.